The van der Waals surface area contributed by atoms with E-state index in [9.17, 15) is 22.8 Å². The molecule has 27 heavy (non-hydrogen) atoms. The van der Waals surface area contributed by atoms with Gasteiger partial charge in [-0.05, 0) is 44.0 Å². The number of amides is 2. The molecule has 1 fully saturated rings. The van der Waals surface area contributed by atoms with Crippen molar-refractivity contribution in [1.82, 2.24) is 9.62 Å². The summed E-state index contributed by atoms with van der Waals surface area (Å²) in [6, 6.07) is 5.48. The first-order valence-electron chi connectivity index (χ1n) is 8.54. The molecule has 9 nitrogen and oxygen atoms in total. The molecular formula is C17H23N3O6S. The number of carbonyl (C=O) groups excluding carboxylic acids is 3. The molecule has 2 amide bonds. The van der Waals surface area contributed by atoms with Crippen molar-refractivity contribution in [3.8, 4) is 0 Å². The van der Waals surface area contributed by atoms with Gasteiger partial charge >= 0.3 is 5.97 Å². The number of rotatable bonds is 7. The topological polar surface area (TPSA) is 122 Å². The third-order valence-electron chi connectivity index (χ3n) is 3.97. The second kappa shape index (κ2) is 8.96. The number of sulfonamides is 1. The lowest BCUT2D eigenvalue weighted by Gasteiger charge is -2.20. The Kier molecular flexibility index (Phi) is 6.92. The first-order valence-corrected chi connectivity index (χ1v) is 10.0. The number of nitrogens with zero attached hydrogens (tertiary/aromatic N) is 1. The minimum absolute atomic E-state index is 0.0643. The van der Waals surface area contributed by atoms with Crippen molar-refractivity contribution in [3.63, 3.8) is 0 Å². The van der Waals surface area contributed by atoms with Crippen LogP contribution in [0.3, 0.4) is 0 Å². The molecule has 2 rings (SSSR count). The van der Waals surface area contributed by atoms with Gasteiger partial charge < -0.3 is 15.0 Å². The Morgan fingerprint density at radius 2 is 1.74 bits per heavy atom. The van der Waals surface area contributed by atoms with Crippen LogP contribution in [0.25, 0.3) is 0 Å². The summed E-state index contributed by atoms with van der Waals surface area (Å²) in [5, 5.41) is 2.52. The van der Waals surface area contributed by atoms with Crippen LogP contribution in [0.15, 0.2) is 29.2 Å². The lowest BCUT2D eigenvalue weighted by molar-refractivity contribution is -0.157. The molecule has 2 N–H and O–H groups in total. The minimum Gasteiger partial charge on any atom is -0.452 e. The SMILES string of the molecule is CC(=O)Nc1ccc(S(=O)(=O)NCC(=O)O[C@@H](C)C(=O)N2CCCC2)cc1. The zero-order valence-electron chi connectivity index (χ0n) is 15.2. The average Bonchev–Trinajstić information content (AvgIpc) is 3.14. The number of hydrogen-bond donors (Lipinski definition) is 2. The van der Waals surface area contributed by atoms with E-state index in [4.69, 9.17) is 4.74 Å². The number of nitrogens with one attached hydrogen (secondary N) is 2. The van der Waals surface area contributed by atoms with Crippen molar-refractivity contribution in [3.05, 3.63) is 24.3 Å². The van der Waals surface area contributed by atoms with Crippen LogP contribution in [0, 0.1) is 0 Å². The van der Waals surface area contributed by atoms with Gasteiger partial charge in [0.25, 0.3) is 5.91 Å². The van der Waals surface area contributed by atoms with Gasteiger partial charge in [0.05, 0.1) is 4.90 Å². The fourth-order valence-electron chi connectivity index (χ4n) is 2.64. The third-order valence-corrected chi connectivity index (χ3v) is 5.38. The zero-order chi connectivity index (χ0) is 20.0. The molecule has 1 aromatic carbocycles. The number of carbonyl (C=O) groups is 3. The molecule has 0 spiro atoms. The molecule has 0 saturated carbocycles. The van der Waals surface area contributed by atoms with Gasteiger partial charge in [-0.15, -0.1) is 0 Å². The number of anilines is 1. The smallest absolute Gasteiger partial charge is 0.321 e. The van der Waals surface area contributed by atoms with E-state index in [0.29, 0.717) is 18.8 Å². The Hall–Kier alpha value is -2.46. The molecular weight excluding hydrogens is 374 g/mol. The van der Waals surface area contributed by atoms with Gasteiger partial charge in [-0.1, -0.05) is 0 Å². The van der Waals surface area contributed by atoms with E-state index < -0.39 is 28.6 Å². The lowest BCUT2D eigenvalue weighted by atomic mass is 10.3. The van der Waals surface area contributed by atoms with Crippen LogP contribution in [-0.4, -0.2) is 56.8 Å². The summed E-state index contributed by atoms with van der Waals surface area (Å²) in [5.74, 6) is -1.39. The highest BCUT2D eigenvalue weighted by molar-refractivity contribution is 7.89. The van der Waals surface area contributed by atoms with Crippen LogP contribution in [0.4, 0.5) is 5.69 Å². The van der Waals surface area contributed by atoms with Crippen molar-refractivity contribution >= 4 is 33.5 Å². The van der Waals surface area contributed by atoms with Crippen molar-refractivity contribution < 1.29 is 27.5 Å². The van der Waals surface area contributed by atoms with Gasteiger partial charge in [-0.25, -0.2) is 8.42 Å². The largest absolute Gasteiger partial charge is 0.452 e. The summed E-state index contributed by atoms with van der Waals surface area (Å²) in [6.07, 6.45) is 0.886. The first-order chi connectivity index (χ1) is 12.7. The van der Waals surface area contributed by atoms with Gasteiger partial charge in [-0.2, -0.15) is 4.72 Å². The highest BCUT2D eigenvalue weighted by Crippen LogP contribution is 2.14. The van der Waals surface area contributed by atoms with E-state index in [2.05, 4.69) is 10.0 Å². The number of ether oxygens (including phenoxy) is 1. The summed E-state index contributed by atoms with van der Waals surface area (Å²) in [4.78, 5) is 36.5. The molecule has 1 atom stereocenters. The maximum Gasteiger partial charge on any atom is 0.321 e. The molecule has 10 heteroatoms. The lowest BCUT2D eigenvalue weighted by Crippen LogP contribution is -2.40. The van der Waals surface area contributed by atoms with E-state index in [1.165, 1.54) is 38.1 Å². The standard InChI is InChI=1S/C17H23N3O6S/c1-12(17(23)20-9-3-4-10-20)26-16(22)11-18-27(24,25)15-7-5-14(6-8-15)19-13(2)21/h5-8,12,18H,3-4,9-11H2,1-2H3,(H,19,21)/t12-/m0/s1. The van der Waals surface area contributed by atoms with Gasteiger partial charge in [0.2, 0.25) is 15.9 Å². The quantitative estimate of drug-likeness (QED) is 0.645. The molecule has 0 radical (unpaired) electrons. The molecule has 148 valence electrons. The van der Waals surface area contributed by atoms with E-state index in [-0.39, 0.29) is 16.7 Å². The van der Waals surface area contributed by atoms with Gasteiger partial charge in [-0.3, -0.25) is 14.4 Å². The summed E-state index contributed by atoms with van der Waals surface area (Å²) in [5.41, 5.74) is 0.454. The van der Waals surface area contributed by atoms with E-state index >= 15 is 0 Å². The van der Waals surface area contributed by atoms with Crippen molar-refractivity contribution in [2.24, 2.45) is 0 Å². The van der Waals surface area contributed by atoms with Gasteiger partial charge in [0.15, 0.2) is 6.10 Å². The molecule has 0 bridgehead atoms. The Morgan fingerprint density at radius 3 is 2.30 bits per heavy atom. The summed E-state index contributed by atoms with van der Waals surface area (Å²) >= 11 is 0. The maximum atomic E-state index is 12.2. The molecule has 1 aliphatic heterocycles. The fraction of sp³-hybridized carbons (Fsp3) is 0.471. The average molecular weight is 397 g/mol. The number of likely N-dealkylation sites (tertiary alicyclic amines) is 1. The van der Waals surface area contributed by atoms with Crippen molar-refractivity contribution in [1.29, 1.82) is 0 Å². The Balaban J connectivity index is 1.87. The van der Waals surface area contributed by atoms with Crippen molar-refractivity contribution in [2.75, 3.05) is 25.0 Å². The predicted molar refractivity (Wildman–Crippen MR) is 97.3 cm³/mol. The van der Waals surface area contributed by atoms with Crippen LogP contribution in [0.1, 0.15) is 26.7 Å². The fourth-order valence-corrected chi connectivity index (χ4v) is 3.61. The molecule has 0 unspecified atom stereocenters. The monoisotopic (exact) mass is 397 g/mol. The molecule has 0 aliphatic carbocycles. The molecule has 1 aliphatic rings. The summed E-state index contributed by atoms with van der Waals surface area (Å²) in [7, 11) is -3.93. The molecule has 1 heterocycles. The van der Waals surface area contributed by atoms with E-state index in [0.717, 1.165) is 12.8 Å². The van der Waals surface area contributed by atoms with E-state index in [1.54, 1.807) is 4.90 Å². The normalized spacial score (nSPS) is 15.3. The number of hydrogen-bond acceptors (Lipinski definition) is 6. The second-order valence-corrected chi connectivity index (χ2v) is 7.96. The molecule has 1 aromatic rings. The highest BCUT2D eigenvalue weighted by atomic mass is 32.2. The summed E-state index contributed by atoms with van der Waals surface area (Å²) in [6.45, 7) is 3.50. The molecule has 0 aromatic heterocycles. The van der Waals surface area contributed by atoms with Gasteiger partial charge in [0.1, 0.15) is 6.54 Å². The predicted octanol–water partition coefficient (Wildman–Crippen LogP) is 0.477. The Morgan fingerprint density at radius 1 is 1.15 bits per heavy atom. The van der Waals surface area contributed by atoms with Gasteiger partial charge in [0, 0.05) is 25.7 Å². The first kappa shape index (κ1) is 20.8. The minimum atomic E-state index is -3.93. The second-order valence-electron chi connectivity index (χ2n) is 6.19. The Bertz CT molecular complexity index is 800. The third kappa shape index (κ3) is 6.04. The maximum absolute atomic E-state index is 12.2. The Labute approximate surface area is 158 Å². The van der Waals surface area contributed by atoms with Crippen LogP contribution in [-0.2, 0) is 29.1 Å². The van der Waals surface area contributed by atoms with Crippen LogP contribution in [0.2, 0.25) is 0 Å². The van der Waals surface area contributed by atoms with Crippen LogP contribution in [0.5, 0.6) is 0 Å². The summed E-state index contributed by atoms with van der Waals surface area (Å²) < 4.78 is 31.6. The zero-order valence-corrected chi connectivity index (χ0v) is 16.0. The number of esters is 1. The molecule has 1 saturated heterocycles. The van der Waals surface area contributed by atoms with Crippen LogP contribution >= 0.6 is 0 Å². The van der Waals surface area contributed by atoms with E-state index in [1.807, 2.05) is 0 Å². The van der Waals surface area contributed by atoms with Crippen LogP contribution < -0.4 is 10.0 Å². The highest BCUT2D eigenvalue weighted by Gasteiger charge is 2.26. The number of benzene rings is 1. The van der Waals surface area contributed by atoms with Crippen molar-refractivity contribution in [2.45, 2.75) is 37.7 Å².